The van der Waals surface area contributed by atoms with E-state index in [1.807, 2.05) is 11.8 Å². The smallest absolute Gasteiger partial charge is 0.225 e. The number of aliphatic hydroxyl groups is 1. The van der Waals surface area contributed by atoms with Gasteiger partial charge in [0.25, 0.3) is 0 Å². The molecule has 1 N–H and O–H groups in total. The molecule has 4 aliphatic carbocycles. The van der Waals surface area contributed by atoms with Crippen molar-refractivity contribution in [2.45, 2.75) is 207 Å². The molecule has 2 aliphatic heterocycles. The number of carbonyl (C=O) groups excluding carboxylic acids is 1. The second-order valence-corrected chi connectivity index (χ2v) is 22.9. The average molecular weight is 787 g/mol. The lowest BCUT2D eigenvalue weighted by molar-refractivity contribution is -0.135. The Kier molecular flexibility index (Phi) is 23.5. The van der Waals surface area contributed by atoms with E-state index in [4.69, 9.17) is 15.1 Å². The van der Waals surface area contributed by atoms with E-state index in [-0.39, 0.29) is 11.3 Å². The zero-order valence-electron chi connectivity index (χ0n) is 40.5. The molecule has 6 aliphatic rings. The lowest BCUT2D eigenvalue weighted by Crippen LogP contribution is -2.40. The van der Waals surface area contributed by atoms with Gasteiger partial charge in [-0.1, -0.05) is 124 Å². The van der Waals surface area contributed by atoms with Crippen molar-refractivity contribution >= 4 is 5.91 Å². The molecule has 56 heavy (non-hydrogen) atoms. The number of amides is 1. The summed E-state index contributed by atoms with van der Waals surface area (Å²) in [5.41, 5.74) is 1.70. The topological polar surface area (TPSA) is 73.6 Å². The summed E-state index contributed by atoms with van der Waals surface area (Å²) in [7, 11) is 0. The molecule has 0 spiro atoms. The molecule has 0 aromatic carbocycles. The number of carbonyl (C=O) groups is 1. The van der Waals surface area contributed by atoms with E-state index in [0.29, 0.717) is 35.2 Å². The number of nitrogens with zero attached hydrogens (tertiary/aromatic N) is 2. The summed E-state index contributed by atoms with van der Waals surface area (Å²) in [6.45, 7) is 40.2. The van der Waals surface area contributed by atoms with Gasteiger partial charge in [0.05, 0.1) is 24.7 Å². The largest absolute Gasteiger partial charge is 0.396 e. The first-order valence-electron chi connectivity index (χ1n) is 23.9. The van der Waals surface area contributed by atoms with Crippen LogP contribution in [0.5, 0.6) is 0 Å². The molecule has 5 heteroatoms. The van der Waals surface area contributed by atoms with Crippen molar-refractivity contribution in [1.82, 2.24) is 4.90 Å². The maximum atomic E-state index is 11.7. The molecule has 4 saturated carbocycles. The zero-order valence-corrected chi connectivity index (χ0v) is 40.5. The minimum absolute atomic E-state index is 0.0417. The Morgan fingerprint density at radius 1 is 0.714 bits per heavy atom. The van der Waals surface area contributed by atoms with E-state index >= 15 is 0 Å². The summed E-state index contributed by atoms with van der Waals surface area (Å²) < 4.78 is 5.14. The summed E-state index contributed by atoms with van der Waals surface area (Å²) in [4.78, 5) is 13.7. The first-order valence-corrected chi connectivity index (χ1v) is 23.9. The van der Waals surface area contributed by atoms with E-state index in [2.05, 4.69) is 110 Å². The fraction of sp³-hybridized carbons (Fsp3) is 0.961. The van der Waals surface area contributed by atoms with Gasteiger partial charge in [0.1, 0.15) is 0 Å². The van der Waals surface area contributed by atoms with Crippen molar-refractivity contribution in [2.75, 3.05) is 32.9 Å². The van der Waals surface area contributed by atoms with Crippen LogP contribution >= 0.6 is 0 Å². The van der Waals surface area contributed by atoms with Crippen LogP contribution in [0.3, 0.4) is 0 Å². The first-order chi connectivity index (χ1) is 26.0. The highest BCUT2D eigenvalue weighted by atomic mass is 16.5. The Bertz CT molecular complexity index is 1080. The third-order valence-corrected chi connectivity index (χ3v) is 13.6. The molecule has 2 saturated heterocycles. The molecular weight excluding hydrogens is 689 g/mol. The fourth-order valence-corrected chi connectivity index (χ4v) is 9.09. The van der Waals surface area contributed by atoms with Crippen LogP contribution in [0.15, 0.2) is 0 Å². The molecule has 0 radical (unpaired) electrons. The Hall–Kier alpha value is -1.12. The third kappa shape index (κ3) is 21.2. The first kappa shape index (κ1) is 52.9. The normalized spacial score (nSPS) is 24.5. The van der Waals surface area contributed by atoms with Gasteiger partial charge in [-0.05, 0) is 142 Å². The lowest BCUT2D eigenvalue weighted by atomic mass is 9.77. The molecular formula is C51H98N2O3. The van der Waals surface area contributed by atoms with Gasteiger partial charge in [0.15, 0.2) is 0 Å². The maximum Gasteiger partial charge on any atom is 0.225 e. The lowest BCUT2D eigenvalue weighted by Gasteiger charge is -2.39. The van der Waals surface area contributed by atoms with E-state index < -0.39 is 0 Å². The van der Waals surface area contributed by atoms with E-state index in [9.17, 15) is 4.79 Å². The van der Waals surface area contributed by atoms with Crippen LogP contribution in [-0.4, -0.2) is 48.8 Å². The number of rotatable bonds is 12. The van der Waals surface area contributed by atoms with Crippen molar-refractivity contribution in [2.24, 2.45) is 74.9 Å². The minimum atomic E-state index is 0.0417. The second-order valence-electron chi connectivity index (χ2n) is 22.9. The Labute approximate surface area is 350 Å². The molecule has 2 heterocycles. The Morgan fingerprint density at radius 3 is 1.38 bits per heavy atom. The van der Waals surface area contributed by atoms with Gasteiger partial charge >= 0.3 is 0 Å². The summed E-state index contributed by atoms with van der Waals surface area (Å²) in [6, 6.07) is 2.48. The zero-order chi connectivity index (χ0) is 42.9. The molecule has 3 unspecified atom stereocenters. The molecule has 0 aromatic rings. The van der Waals surface area contributed by atoms with E-state index in [0.717, 1.165) is 80.1 Å². The SMILES string of the molecule is CC(C)C(C)C(=O)N1CCCC1.CC(C)C1(C#N)CCCC1.CC(C)CC1(C)CC1.CC(C)CC1(C)COC1.CC(C)CC1(CO)CC1.CC(C)CC1CC1C. The molecule has 6 fully saturated rings. The predicted octanol–water partition coefficient (Wildman–Crippen LogP) is 14.0. The van der Waals surface area contributed by atoms with Crippen molar-refractivity contribution in [3.05, 3.63) is 0 Å². The van der Waals surface area contributed by atoms with E-state index in [1.54, 1.807) is 0 Å². The summed E-state index contributed by atoms with van der Waals surface area (Å²) in [6.07, 6.45) is 19.5. The van der Waals surface area contributed by atoms with Gasteiger partial charge in [0, 0.05) is 31.0 Å². The number of nitriles is 1. The highest BCUT2D eigenvalue weighted by Gasteiger charge is 2.42. The standard InChI is InChI=1S/C10H19NO.C9H15N.2C8H16O.2C8H16/c1-8(2)9(3)10(12)11-6-4-5-7-11;1-8(2)9(7-10)5-3-4-6-9;1-7(2)4-8(3)5-9-6-8;1-7(2)5-8(6-9)3-4-8;1-6(2)4-8-5-7(8)3;1-7(2)6-8(3)4-5-8/h8-9H,4-7H2,1-3H3;8H,3-6H2,1-2H3;7H,4-6H2,1-3H3;7,9H,3-6H2,1-2H3;6-8H,4-5H2,1-3H3;7H,4-6H2,1-3H3. The third-order valence-electron chi connectivity index (χ3n) is 13.6. The highest BCUT2D eigenvalue weighted by molar-refractivity contribution is 5.78. The minimum Gasteiger partial charge on any atom is -0.396 e. The molecule has 6 rings (SSSR count). The van der Waals surface area contributed by atoms with Crippen LogP contribution in [0.2, 0.25) is 0 Å². The van der Waals surface area contributed by atoms with Crippen molar-refractivity contribution in [3.8, 4) is 6.07 Å². The van der Waals surface area contributed by atoms with Crippen LogP contribution in [0.1, 0.15) is 207 Å². The van der Waals surface area contributed by atoms with Crippen LogP contribution in [0, 0.1) is 86.3 Å². The number of ether oxygens (including phenoxy) is 1. The quantitative estimate of drug-likeness (QED) is 0.214. The monoisotopic (exact) mass is 787 g/mol. The van der Waals surface area contributed by atoms with Gasteiger partial charge in [0.2, 0.25) is 5.91 Å². The Morgan fingerprint density at radius 2 is 1.18 bits per heavy atom. The number of hydrogen-bond acceptors (Lipinski definition) is 4. The molecule has 0 bridgehead atoms. The summed E-state index contributed by atoms with van der Waals surface area (Å²) in [5, 5.41) is 17.8. The van der Waals surface area contributed by atoms with Crippen LogP contribution < -0.4 is 0 Å². The fourth-order valence-electron chi connectivity index (χ4n) is 9.09. The van der Waals surface area contributed by atoms with Gasteiger partial charge < -0.3 is 14.7 Å². The highest BCUT2D eigenvalue weighted by Crippen LogP contribution is 2.50. The summed E-state index contributed by atoms with van der Waals surface area (Å²) in [5.74, 6) is 7.10. The van der Waals surface area contributed by atoms with Crippen LogP contribution in [0.25, 0.3) is 0 Å². The predicted molar refractivity (Wildman–Crippen MR) is 241 cm³/mol. The number of hydrogen-bond donors (Lipinski definition) is 1. The van der Waals surface area contributed by atoms with Crippen LogP contribution in [-0.2, 0) is 9.53 Å². The van der Waals surface area contributed by atoms with E-state index in [1.165, 1.54) is 83.5 Å². The van der Waals surface area contributed by atoms with Crippen molar-refractivity contribution in [3.63, 3.8) is 0 Å². The number of aliphatic hydroxyl groups excluding tert-OH is 1. The average Bonchev–Trinajstić information content (AvgIpc) is 4.01. The van der Waals surface area contributed by atoms with Crippen molar-refractivity contribution < 1.29 is 14.6 Å². The molecule has 3 atom stereocenters. The molecule has 330 valence electrons. The molecule has 5 nitrogen and oxygen atoms in total. The second kappa shape index (κ2) is 24.8. The van der Waals surface area contributed by atoms with Gasteiger partial charge in [-0.2, -0.15) is 5.26 Å². The summed E-state index contributed by atoms with van der Waals surface area (Å²) >= 11 is 0. The Balaban J connectivity index is 0.000000338. The van der Waals surface area contributed by atoms with Gasteiger partial charge in [-0.25, -0.2) is 0 Å². The van der Waals surface area contributed by atoms with Gasteiger partial charge in [-0.3, -0.25) is 4.79 Å². The maximum absolute atomic E-state index is 11.7. The number of likely N-dealkylation sites (tertiary alicyclic amines) is 1. The molecule has 0 aromatic heterocycles. The molecule has 1 amide bonds. The van der Waals surface area contributed by atoms with Crippen molar-refractivity contribution in [1.29, 1.82) is 5.26 Å². The van der Waals surface area contributed by atoms with Gasteiger partial charge in [-0.15, -0.1) is 0 Å². The van der Waals surface area contributed by atoms with Crippen LogP contribution in [0.4, 0.5) is 0 Å².